The highest BCUT2D eigenvalue weighted by atomic mass is 16.5. The zero-order valence-electron chi connectivity index (χ0n) is 16.6. The van der Waals surface area contributed by atoms with E-state index in [0.717, 1.165) is 18.4 Å². The van der Waals surface area contributed by atoms with Crippen molar-refractivity contribution in [2.45, 2.75) is 51.3 Å². The van der Waals surface area contributed by atoms with Gasteiger partial charge in [-0.3, -0.25) is 19.5 Å². The summed E-state index contributed by atoms with van der Waals surface area (Å²) < 4.78 is 7.17. The largest absolute Gasteiger partial charge is 0.474 e. The quantitative estimate of drug-likeness (QED) is 0.623. The van der Waals surface area contributed by atoms with Crippen LogP contribution in [-0.2, 0) is 17.9 Å². The highest BCUT2D eigenvalue weighted by molar-refractivity contribution is 5.80. The Morgan fingerprint density at radius 3 is 2.70 bits per heavy atom. The average molecular weight is 408 g/mol. The van der Waals surface area contributed by atoms with E-state index in [1.54, 1.807) is 30.5 Å². The maximum absolute atomic E-state index is 12.5. The molecule has 4 rings (SSSR count). The van der Waals surface area contributed by atoms with Crippen LogP contribution < -0.4 is 21.2 Å². The van der Waals surface area contributed by atoms with Gasteiger partial charge in [0.2, 0.25) is 11.8 Å². The van der Waals surface area contributed by atoms with Crippen molar-refractivity contribution in [2.75, 3.05) is 0 Å². The van der Waals surface area contributed by atoms with Gasteiger partial charge in [0.1, 0.15) is 6.10 Å². The number of rotatable bonds is 7. The van der Waals surface area contributed by atoms with Crippen molar-refractivity contribution in [1.82, 2.24) is 20.1 Å². The van der Waals surface area contributed by atoms with Crippen molar-refractivity contribution >= 4 is 16.7 Å². The molecule has 1 aliphatic carbocycles. The number of aromatic nitrogens is 3. The van der Waals surface area contributed by atoms with Gasteiger partial charge in [-0.1, -0.05) is 18.2 Å². The molecule has 2 N–H and O–H groups in total. The molecule has 0 atom stereocenters. The molecule has 8 heteroatoms. The summed E-state index contributed by atoms with van der Waals surface area (Å²) in [6.45, 7) is 0.376. The van der Waals surface area contributed by atoms with Crippen molar-refractivity contribution < 1.29 is 9.53 Å². The molecule has 1 aliphatic rings. The van der Waals surface area contributed by atoms with Gasteiger partial charge >= 0.3 is 0 Å². The molecule has 1 aromatic carbocycles. The Morgan fingerprint density at radius 2 is 1.90 bits per heavy atom. The second-order valence-corrected chi connectivity index (χ2v) is 7.46. The topological polar surface area (TPSA) is 106 Å². The Labute approximate surface area is 172 Å². The first-order valence-corrected chi connectivity index (χ1v) is 10.2. The van der Waals surface area contributed by atoms with E-state index in [1.165, 1.54) is 17.5 Å². The number of hydrogen-bond acceptors (Lipinski definition) is 5. The molecule has 1 amide bonds. The van der Waals surface area contributed by atoms with Crippen LogP contribution in [0.5, 0.6) is 5.88 Å². The van der Waals surface area contributed by atoms with Gasteiger partial charge in [0.15, 0.2) is 0 Å². The number of carbonyl (C=O) groups is 1. The fourth-order valence-corrected chi connectivity index (χ4v) is 3.73. The number of amides is 1. The van der Waals surface area contributed by atoms with E-state index in [0.29, 0.717) is 16.7 Å². The van der Waals surface area contributed by atoms with E-state index in [-0.39, 0.29) is 42.6 Å². The first kappa shape index (κ1) is 19.9. The third-order valence-electron chi connectivity index (χ3n) is 5.35. The summed E-state index contributed by atoms with van der Waals surface area (Å²) in [6.07, 6.45) is 6.32. The van der Waals surface area contributed by atoms with Crippen molar-refractivity contribution in [1.29, 1.82) is 0 Å². The molecule has 2 aromatic heterocycles. The maximum Gasteiger partial charge on any atom is 0.273 e. The molecule has 0 radical (unpaired) electrons. The monoisotopic (exact) mass is 408 g/mol. The van der Waals surface area contributed by atoms with E-state index >= 15 is 0 Å². The smallest absolute Gasteiger partial charge is 0.273 e. The van der Waals surface area contributed by atoms with Crippen molar-refractivity contribution in [2.24, 2.45) is 0 Å². The van der Waals surface area contributed by atoms with Crippen LogP contribution in [-0.4, -0.2) is 26.8 Å². The minimum absolute atomic E-state index is 0.0628. The van der Waals surface area contributed by atoms with Crippen LogP contribution in [0.2, 0.25) is 0 Å². The fraction of sp³-hybridized carbons (Fsp3) is 0.364. The standard InChI is InChI=1S/C22H24N4O4/c27-19(11-13-26-22(29)18-10-4-3-9-17(18)20(28)25-26)24-14-15-6-5-12-23-21(15)30-16-7-1-2-8-16/h3-6,9-10,12,16H,1-2,7-8,11,13-14H2,(H,24,27)(H,25,28). The van der Waals surface area contributed by atoms with Gasteiger partial charge in [0.25, 0.3) is 11.1 Å². The van der Waals surface area contributed by atoms with Crippen LogP contribution in [0.15, 0.2) is 52.2 Å². The third-order valence-corrected chi connectivity index (χ3v) is 5.35. The number of fused-ring (bicyclic) bond motifs is 1. The molecule has 3 aromatic rings. The van der Waals surface area contributed by atoms with Crippen LogP contribution in [0.25, 0.3) is 10.8 Å². The number of aryl methyl sites for hydroxylation is 1. The number of H-pyrrole nitrogens is 1. The summed E-state index contributed by atoms with van der Waals surface area (Å²) in [5.41, 5.74) is 0.140. The van der Waals surface area contributed by atoms with Crippen LogP contribution in [0.1, 0.15) is 37.7 Å². The zero-order chi connectivity index (χ0) is 20.9. The normalized spacial score (nSPS) is 14.1. The Hall–Kier alpha value is -3.42. The van der Waals surface area contributed by atoms with Crippen LogP contribution >= 0.6 is 0 Å². The summed E-state index contributed by atoms with van der Waals surface area (Å²) in [6, 6.07) is 10.3. The van der Waals surface area contributed by atoms with E-state index in [2.05, 4.69) is 15.4 Å². The minimum Gasteiger partial charge on any atom is -0.474 e. The molecule has 0 spiro atoms. The summed E-state index contributed by atoms with van der Waals surface area (Å²) in [7, 11) is 0. The van der Waals surface area contributed by atoms with E-state index in [1.807, 2.05) is 12.1 Å². The van der Waals surface area contributed by atoms with Gasteiger partial charge < -0.3 is 10.1 Å². The molecule has 2 heterocycles. The Bertz CT molecular complexity index is 1160. The number of benzene rings is 1. The second-order valence-electron chi connectivity index (χ2n) is 7.46. The van der Waals surface area contributed by atoms with E-state index < -0.39 is 0 Å². The molecule has 0 unspecified atom stereocenters. The summed E-state index contributed by atoms with van der Waals surface area (Å²) in [5.74, 6) is 0.325. The number of pyridine rings is 1. The van der Waals surface area contributed by atoms with Crippen LogP contribution in [0, 0.1) is 0 Å². The number of hydrogen-bond donors (Lipinski definition) is 2. The molecule has 30 heavy (non-hydrogen) atoms. The lowest BCUT2D eigenvalue weighted by atomic mass is 10.2. The predicted molar refractivity (Wildman–Crippen MR) is 112 cm³/mol. The first-order valence-electron chi connectivity index (χ1n) is 10.2. The lowest BCUT2D eigenvalue weighted by Crippen LogP contribution is -2.32. The summed E-state index contributed by atoms with van der Waals surface area (Å²) >= 11 is 0. The SMILES string of the molecule is O=C(CCn1[nH]c(=O)c2ccccc2c1=O)NCc1cccnc1OC1CCCC1. The Balaban J connectivity index is 1.37. The highest BCUT2D eigenvalue weighted by Crippen LogP contribution is 2.24. The Kier molecular flexibility index (Phi) is 5.92. The predicted octanol–water partition coefficient (Wildman–Crippen LogP) is 2.11. The van der Waals surface area contributed by atoms with Gasteiger partial charge in [-0.25, -0.2) is 9.67 Å². The van der Waals surface area contributed by atoms with Crippen molar-refractivity contribution in [3.63, 3.8) is 0 Å². The number of nitrogens with zero attached hydrogens (tertiary/aromatic N) is 2. The van der Waals surface area contributed by atoms with Crippen molar-refractivity contribution in [3.05, 3.63) is 68.9 Å². The summed E-state index contributed by atoms with van der Waals surface area (Å²) in [5, 5.41) is 6.06. The molecule has 0 saturated heterocycles. The van der Waals surface area contributed by atoms with Gasteiger partial charge in [-0.15, -0.1) is 0 Å². The van der Waals surface area contributed by atoms with E-state index in [9.17, 15) is 14.4 Å². The number of carbonyl (C=O) groups excluding carboxylic acids is 1. The number of aromatic amines is 1. The minimum atomic E-state index is -0.352. The molecule has 1 saturated carbocycles. The number of ether oxygens (including phenoxy) is 1. The molecule has 156 valence electrons. The summed E-state index contributed by atoms with van der Waals surface area (Å²) in [4.78, 5) is 41.3. The highest BCUT2D eigenvalue weighted by Gasteiger charge is 2.18. The average Bonchev–Trinajstić information content (AvgIpc) is 3.28. The van der Waals surface area contributed by atoms with Gasteiger partial charge in [-0.2, -0.15) is 0 Å². The lowest BCUT2D eigenvalue weighted by Gasteiger charge is -2.15. The molecule has 0 bridgehead atoms. The lowest BCUT2D eigenvalue weighted by molar-refractivity contribution is -0.121. The molecule has 1 fully saturated rings. The molecule has 0 aliphatic heterocycles. The zero-order valence-corrected chi connectivity index (χ0v) is 16.6. The van der Waals surface area contributed by atoms with Crippen LogP contribution in [0.4, 0.5) is 0 Å². The van der Waals surface area contributed by atoms with Crippen LogP contribution in [0.3, 0.4) is 0 Å². The molecular weight excluding hydrogens is 384 g/mol. The Morgan fingerprint density at radius 1 is 1.13 bits per heavy atom. The van der Waals surface area contributed by atoms with Gasteiger partial charge in [-0.05, 0) is 43.9 Å². The van der Waals surface area contributed by atoms with Gasteiger partial charge in [0, 0.05) is 24.7 Å². The first-order chi connectivity index (χ1) is 14.6. The second kappa shape index (κ2) is 8.94. The molecule has 8 nitrogen and oxygen atoms in total. The van der Waals surface area contributed by atoms with E-state index in [4.69, 9.17) is 4.74 Å². The maximum atomic E-state index is 12.5. The number of nitrogens with one attached hydrogen (secondary N) is 2. The molecular formula is C22H24N4O4. The fourth-order valence-electron chi connectivity index (χ4n) is 3.73. The van der Waals surface area contributed by atoms with Crippen molar-refractivity contribution in [3.8, 4) is 5.88 Å². The van der Waals surface area contributed by atoms with Gasteiger partial charge in [0.05, 0.1) is 17.3 Å². The third kappa shape index (κ3) is 4.42.